The van der Waals surface area contributed by atoms with E-state index >= 15 is 0 Å². The number of rotatable bonds is 4. The van der Waals surface area contributed by atoms with Crippen LogP contribution in [0.2, 0.25) is 0 Å². The van der Waals surface area contributed by atoms with Gasteiger partial charge in [-0.05, 0) is 41.5 Å². The predicted molar refractivity (Wildman–Crippen MR) is 66.7 cm³/mol. The summed E-state index contributed by atoms with van der Waals surface area (Å²) in [5, 5.41) is 10.8. The minimum atomic E-state index is -0.910. The van der Waals surface area contributed by atoms with Crippen LogP contribution in [0.25, 0.3) is 10.8 Å². The molecule has 0 aliphatic heterocycles. The smallest absolute Gasteiger partial charge is 0.335 e. The van der Waals surface area contributed by atoms with E-state index in [-0.39, 0.29) is 0 Å². The monoisotopic (exact) mass is 230 g/mol. The van der Waals surface area contributed by atoms with Crippen molar-refractivity contribution in [3.05, 3.63) is 42.0 Å². The second-order valence-corrected chi connectivity index (χ2v) is 3.88. The maximum absolute atomic E-state index is 10.9. The van der Waals surface area contributed by atoms with Crippen molar-refractivity contribution in [2.75, 3.05) is 6.61 Å². The molecule has 0 spiro atoms. The fourth-order valence-corrected chi connectivity index (χ4v) is 1.67. The van der Waals surface area contributed by atoms with E-state index in [2.05, 4.69) is 0 Å². The van der Waals surface area contributed by atoms with E-state index < -0.39 is 5.97 Å². The molecule has 3 heteroatoms. The van der Waals surface area contributed by atoms with Gasteiger partial charge in [-0.3, -0.25) is 0 Å². The summed E-state index contributed by atoms with van der Waals surface area (Å²) in [4.78, 5) is 10.9. The fourth-order valence-electron chi connectivity index (χ4n) is 1.67. The highest BCUT2D eigenvalue weighted by molar-refractivity contribution is 5.94. The topological polar surface area (TPSA) is 46.5 Å². The third-order valence-corrected chi connectivity index (χ3v) is 2.53. The average Bonchev–Trinajstić information content (AvgIpc) is 2.35. The van der Waals surface area contributed by atoms with Crippen molar-refractivity contribution in [1.29, 1.82) is 0 Å². The van der Waals surface area contributed by atoms with Crippen LogP contribution in [-0.2, 0) is 0 Å². The molecule has 0 bridgehead atoms. The number of carboxylic acid groups (broad SMARTS) is 1. The van der Waals surface area contributed by atoms with Crippen molar-refractivity contribution in [3.8, 4) is 5.75 Å². The average molecular weight is 230 g/mol. The van der Waals surface area contributed by atoms with Crippen molar-refractivity contribution in [1.82, 2.24) is 0 Å². The molecule has 0 saturated carbocycles. The summed E-state index contributed by atoms with van der Waals surface area (Å²) in [5.41, 5.74) is 0.296. The number of benzene rings is 2. The van der Waals surface area contributed by atoms with Crippen molar-refractivity contribution < 1.29 is 14.6 Å². The van der Waals surface area contributed by atoms with Gasteiger partial charge in [0.25, 0.3) is 0 Å². The first-order chi connectivity index (χ1) is 8.20. The number of hydrogen-bond donors (Lipinski definition) is 1. The van der Waals surface area contributed by atoms with E-state index in [9.17, 15) is 4.79 Å². The van der Waals surface area contributed by atoms with Crippen LogP contribution in [0.3, 0.4) is 0 Å². The first-order valence-electron chi connectivity index (χ1n) is 5.60. The lowest BCUT2D eigenvalue weighted by atomic mass is 10.1. The second-order valence-electron chi connectivity index (χ2n) is 3.88. The molecule has 17 heavy (non-hydrogen) atoms. The van der Waals surface area contributed by atoms with Crippen molar-refractivity contribution in [2.24, 2.45) is 0 Å². The zero-order valence-electron chi connectivity index (χ0n) is 9.64. The summed E-state index contributed by atoms with van der Waals surface area (Å²) in [6, 6.07) is 10.8. The number of fused-ring (bicyclic) bond motifs is 1. The van der Waals surface area contributed by atoms with E-state index in [1.807, 2.05) is 31.2 Å². The molecule has 0 radical (unpaired) electrons. The van der Waals surface area contributed by atoms with Gasteiger partial charge in [0, 0.05) is 0 Å². The van der Waals surface area contributed by atoms with Gasteiger partial charge in [-0.2, -0.15) is 0 Å². The first kappa shape index (κ1) is 11.5. The molecule has 0 saturated heterocycles. The van der Waals surface area contributed by atoms with Crippen molar-refractivity contribution in [2.45, 2.75) is 13.3 Å². The molecular formula is C14H14O3. The highest BCUT2D eigenvalue weighted by atomic mass is 16.5. The van der Waals surface area contributed by atoms with Crippen molar-refractivity contribution >= 4 is 16.7 Å². The molecule has 2 aromatic rings. The largest absolute Gasteiger partial charge is 0.494 e. The van der Waals surface area contributed by atoms with Gasteiger partial charge in [0.1, 0.15) is 5.75 Å². The lowest BCUT2D eigenvalue weighted by Crippen LogP contribution is -1.96. The van der Waals surface area contributed by atoms with Gasteiger partial charge >= 0.3 is 5.97 Å². The molecule has 0 aliphatic rings. The van der Waals surface area contributed by atoms with Crippen molar-refractivity contribution in [3.63, 3.8) is 0 Å². The molecule has 3 nitrogen and oxygen atoms in total. The summed E-state index contributed by atoms with van der Waals surface area (Å²) in [5.74, 6) is -0.131. The van der Waals surface area contributed by atoms with Gasteiger partial charge < -0.3 is 9.84 Å². The summed E-state index contributed by atoms with van der Waals surface area (Å²) in [6.45, 7) is 2.72. The Balaban J connectivity index is 2.39. The van der Waals surface area contributed by atoms with E-state index in [0.717, 1.165) is 22.9 Å². The Kier molecular flexibility index (Phi) is 3.28. The SMILES string of the molecule is CCCOc1ccc2ccc(C(=O)O)cc2c1. The normalized spacial score (nSPS) is 10.4. The number of carbonyl (C=O) groups is 1. The lowest BCUT2D eigenvalue weighted by molar-refractivity contribution is 0.0697. The quantitative estimate of drug-likeness (QED) is 0.876. The van der Waals surface area contributed by atoms with Gasteiger partial charge in [0.05, 0.1) is 12.2 Å². The van der Waals surface area contributed by atoms with Crippen LogP contribution in [-0.4, -0.2) is 17.7 Å². The van der Waals surface area contributed by atoms with Gasteiger partial charge in [0.15, 0.2) is 0 Å². The summed E-state index contributed by atoms with van der Waals surface area (Å²) >= 11 is 0. The third-order valence-electron chi connectivity index (χ3n) is 2.53. The Morgan fingerprint density at radius 1 is 1.18 bits per heavy atom. The predicted octanol–water partition coefficient (Wildman–Crippen LogP) is 3.33. The minimum absolute atomic E-state index is 0.296. The van der Waals surface area contributed by atoms with Crippen LogP contribution in [0.15, 0.2) is 36.4 Å². The highest BCUT2D eigenvalue weighted by Crippen LogP contribution is 2.22. The molecular weight excluding hydrogens is 216 g/mol. The highest BCUT2D eigenvalue weighted by Gasteiger charge is 2.04. The molecule has 0 unspecified atom stereocenters. The standard InChI is InChI=1S/C14H14O3/c1-2-7-17-13-6-5-10-3-4-11(14(15)16)8-12(10)9-13/h3-6,8-9H,2,7H2,1H3,(H,15,16). The zero-order chi connectivity index (χ0) is 12.3. The number of aromatic carboxylic acids is 1. The molecule has 0 heterocycles. The van der Waals surface area contributed by atoms with Crippen LogP contribution in [0, 0.1) is 0 Å². The molecule has 1 N–H and O–H groups in total. The molecule has 88 valence electrons. The van der Waals surface area contributed by atoms with E-state index in [4.69, 9.17) is 9.84 Å². The molecule has 2 aromatic carbocycles. The minimum Gasteiger partial charge on any atom is -0.494 e. The Hall–Kier alpha value is -2.03. The zero-order valence-corrected chi connectivity index (χ0v) is 9.64. The van der Waals surface area contributed by atoms with E-state index in [0.29, 0.717) is 12.2 Å². The van der Waals surface area contributed by atoms with Crippen LogP contribution in [0.4, 0.5) is 0 Å². The fraction of sp³-hybridized carbons (Fsp3) is 0.214. The molecule has 0 amide bonds. The molecule has 0 atom stereocenters. The van der Waals surface area contributed by atoms with Crippen LogP contribution in [0.5, 0.6) is 5.75 Å². The first-order valence-corrected chi connectivity index (χ1v) is 5.60. The van der Waals surface area contributed by atoms with Gasteiger partial charge in [0.2, 0.25) is 0 Å². The molecule has 2 rings (SSSR count). The Labute approximate surface area is 99.6 Å². The summed E-state index contributed by atoms with van der Waals surface area (Å²) in [6.07, 6.45) is 0.952. The summed E-state index contributed by atoms with van der Waals surface area (Å²) < 4.78 is 5.52. The Bertz CT molecular complexity index is 546. The summed E-state index contributed by atoms with van der Waals surface area (Å²) in [7, 11) is 0. The Morgan fingerprint density at radius 3 is 2.65 bits per heavy atom. The molecule has 0 aliphatic carbocycles. The van der Waals surface area contributed by atoms with Crippen LogP contribution < -0.4 is 4.74 Å². The van der Waals surface area contributed by atoms with Gasteiger partial charge in [-0.15, -0.1) is 0 Å². The maximum Gasteiger partial charge on any atom is 0.335 e. The number of carboxylic acids is 1. The van der Waals surface area contributed by atoms with Crippen LogP contribution >= 0.6 is 0 Å². The number of ether oxygens (including phenoxy) is 1. The maximum atomic E-state index is 10.9. The molecule has 0 fully saturated rings. The van der Waals surface area contributed by atoms with Crippen LogP contribution in [0.1, 0.15) is 23.7 Å². The lowest BCUT2D eigenvalue weighted by Gasteiger charge is -2.06. The number of hydrogen-bond acceptors (Lipinski definition) is 2. The van der Waals surface area contributed by atoms with Gasteiger partial charge in [-0.25, -0.2) is 4.79 Å². The Morgan fingerprint density at radius 2 is 1.94 bits per heavy atom. The molecule has 0 aromatic heterocycles. The van der Waals surface area contributed by atoms with E-state index in [1.165, 1.54) is 0 Å². The van der Waals surface area contributed by atoms with E-state index in [1.54, 1.807) is 12.1 Å². The second kappa shape index (κ2) is 4.87. The third kappa shape index (κ3) is 2.56. The van der Waals surface area contributed by atoms with Gasteiger partial charge in [-0.1, -0.05) is 19.1 Å².